The molecule has 0 saturated heterocycles. The van der Waals surface area contributed by atoms with Gasteiger partial charge in [-0.3, -0.25) is 9.69 Å². The Balaban J connectivity index is 1.95. The van der Waals surface area contributed by atoms with Gasteiger partial charge in [0, 0.05) is 13.7 Å². The minimum atomic E-state index is -0.655. The zero-order valence-electron chi connectivity index (χ0n) is 15.3. The number of aliphatic imine (C=N–C) groups is 1. The van der Waals surface area contributed by atoms with Crippen molar-refractivity contribution in [1.29, 1.82) is 0 Å². The smallest absolute Gasteiger partial charge is 0.231 e. The number of nitrogens with zero attached hydrogens (tertiary/aromatic N) is 2. The van der Waals surface area contributed by atoms with Crippen molar-refractivity contribution in [3.8, 4) is 11.1 Å². The van der Waals surface area contributed by atoms with E-state index in [4.69, 9.17) is 10.8 Å². The lowest BCUT2D eigenvalue weighted by Crippen LogP contribution is -2.47. The number of carbonyl (C=O) groups is 1. The van der Waals surface area contributed by atoms with Crippen molar-refractivity contribution in [2.24, 2.45) is 10.7 Å². The average Bonchev–Trinajstić information content (AvgIpc) is 2.65. The Morgan fingerprint density at radius 1 is 1.19 bits per heavy atom. The van der Waals surface area contributed by atoms with E-state index in [9.17, 15) is 4.79 Å². The summed E-state index contributed by atoms with van der Waals surface area (Å²) in [6.45, 7) is 2.14. The summed E-state index contributed by atoms with van der Waals surface area (Å²) < 4.78 is 0. The first-order chi connectivity index (χ1) is 12.4. The molecule has 5 nitrogen and oxygen atoms in total. The van der Waals surface area contributed by atoms with Gasteiger partial charge in [-0.2, -0.15) is 0 Å². The number of guanidine groups is 1. The molecular formula is C21H25N3O2. The van der Waals surface area contributed by atoms with Crippen LogP contribution in [0.3, 0.4) is 0 Å². The second kappa shape index (κ2) is 7.30. The molecule has 0 spiro atoms. The quantitative estimate of drug-likeness (QED) is 0.869. The van der Waals surface area contributed by atoms with Crippen LogP contribution in [0.2, 0.25) is 0 Å². The highest BCUT2D eigenvalue weighted by Crippen LogP contribution is 2.35. The highest BCUT2D eigenvalue weighted by Gasteiger charge is 2.36. The highest BCUT2D eigenvalue weighted by molar-refractivity contribution is 5.98. The van der Waals surface area contributed by atoms with E-state index < -0.39 is 5.54 Å². The summed E-state index contributed by atoms with van der Waals surface area (Å²) in [4.78, 5) is 18.2. The van der Waals surface area contributed by atoms with Gasteiger partial charge < -0.3 is 10.8 Å². The molecule has 0 unspecified atom stereocenters. The lowest BCUT2D eigenvalue weighted by atomic mass is 9.86. The molecule has 1 atom stereocenters. The summed E-state index contributed by atoms with van der Waals surface area (Å²) in [6.07, 6.45) is 1.90. The maximum Gasteiger partial charge on any atom is 0.231 e. The van der Waals surface area contributed by atoms with Gasteiger partial charge in [0.1, 0.15) is 0 Å². The molecule has 2 aromatic rings. The molecule has 1 aliphatic rings. The van der Waals surface area contributed by atoms with Crippen LogP contribution in [0.5, 0.6) is 0 Å². The van der Waals surface area contributed by atoms with Crippen LogP contribution in [-0.2, 0) is 16.8 Å². The summed E-state index contributed by atoms with van der Waals surface area (Å²) >= 11 is 0. The van der Waals surface area contributed by atoms with E-state index in [1.54, 1.807) is 7.05 Å². The second-order valence-electron chi connectivity index (χ2n) is 6.98. The molecule has 1 aliphatic heterocycles. The molecule has 0 aliphatic carbocycles. The van der Waals surface area contributed by atoms with E-state index in [-0.39, 0.29) is 18.5 Å². The molecule has 2 aromatic carbocycles. The zero-order chi connectivity index (χ0) is 18.7. The number of amides is 1. The van der Waals surface area contributed by atoms with Gasteiger partial charge in [0.25, 0.3) is 0 Å². The van der Waals surface area contributed by atoms with Crippen LogP contribution in [0.4, 0.5) is 0 Å². The first kappa shape index (κ1) is 18.1. The Kier molecular flexibility index (Phi) is 5.09. The summed E-state index contributed by atoms with van der Waals surface area (Å²) in [7, 11) is 1.65. The van der Waals surface area contributed by atoms with E-state index in [1.807, 2.05) is 25.1 Å². The molecule has 26 heavy (non-hydrogen) atoms. The topological polar surface area (TPSA) is 78.9 Å². The number of aliphatic hydroxyl groups excluding tert-OH is 1. The molecular weight excluding hydrogens is 326 g/mol. The van der Waals surface area contributed by atoms with Crippen LogP contribution >= 0.6 is 0 Å². The fourth-order valence-electron chi connectivity index (χ4n) is 3.30. The second-order valence-corrected chi connectivity index (χ2v) is 6.98. The summed E-state index contributed by atoms with van der Waals surface area (Å²) in [5.74, 6) is 0.219. The van der Waals surface area contributed by atoms with Gasteiger partial charge in [-0.1, -0.05) is 42.5 Å². The fraction of sp³-hybridized carbons (Fsp3) is 0.333. The van der Waals surface area contributed by atoms with E-state index >= 15 is 0 Å². The number of benzene rings is 2. The predicted molar refractivity (Wildman–Crippen MR) is 104 cm³/mol. The van der Waals surface area contributed by atoms with Crippen LogP contribution in [0.25, 0.3) is 11.1 Å². The molecule has 5 heteroatoms. The van der Waals surface area contributed by atoms with Gasteiger partial charge in [-0.25, -0.2) is 4.99 Å². The lowest BCUT2D eigenvalue weighted by Gasteiger charge is -2.33. The lowest BCUT2D eigenvalue weighted by molar-refractivity contribution is -0.128. The fourth-order valence-corrected chi connectivity index (χ4v) is 3.30. The molecule has 0 aromatic heterocycles. The standard InChI is InChI=1S/C21H25N3O2/c1-21(14-19(26)24(2)20(22)23-21)18-10-4-9-17(13-18)16-8-3-6-15(12-16)7-5-11-25/h3-4,6,8-10,12-13,25H,5,7,11,14H2,1-2H3,(H2,22,23)/t21-/m0/s1. The first-order valence-electron chi connectivity index (χ1n) is 8.85. The summed E-state index contributed by atoms with van der Waals surface area (Å²) in [6, 6.07) is 16.5. The van der Waals surface area contributed by atoms with Crippen LogP contribution in [0.1, 0.15) is 30.9 Å². The maximum absolute atomic E-state index is 12.2. The summed E-state index contributed by atoms with van der Waals surface area (Å²) in [5.41, 5.74) is 9.64. The molecule has 3 N–H and O–H groups in total. The Morgan fingerprint density at radius 2 is 1.88 bits per heavy atom. The molecule has 3 rings (SSSR count). The van der Waals surface area contributed by atoms with Crippen LogP contribution in [0.15, 0.2) is 53.5 Å². The minimum absolute atomic E-state index is 0.0311. The van der Waals surface area contributed by atoms with Gasteiger partial charge in [0.15, 0.2) is 5.96 Å². The number of hydrogen-bond acceptors (Lipinski definition) is 4. The number of rotatable bonds is 5. The van der Waals surface area contributed by atoms with E-state index in [1.165, 1.54) is 10.5 Å². The maximum atomic E-state index is 12.2. The Labute approximate surface area is 154 Å². The van der Waals surface area contributed by atoms with Crippen molar-refractivity contribution in [2.45, 2.75) is 31.7 Å². The van der Waals surface area contributed by atoms with E-state index in [0.29, 0.717) is 6.42 Å². The largest absolute Gasteiger partial charge is 0.396 e. The monoisotopic (exact) mass is 351 g/mol. The van der Waals surface area contributed by atoms with Crippen molar-refractivity contribution < 1.29 is 9.90 Å². The predicted octanol–water partition coefficient (Wildman–Crippen LogP) is 2.67. The number of aryl methyl sites for hydroxylation is 1. The van der Waals surface area contributed by atoms with Crippen LogP contribution < -0.4 is 5.73 Å². The van der Waals surface area contributed by atoms with Gasteiger partial charge in [-0.15, -0.1) is 0 Å². The van der Waals surface area contributed by atoms with Gasteiger partial charge in [-0.05, 0) is 48.1 Å². The number of aliphatic hydroxyl groups is 1. The molecule has 1 heterocycles. The first-order valence-corrected chi connectivity index (χ1v) is 8.85. The normalized spacial score (nSPS) is 20.2. The summed E-state index contributed by atoms with van der Waals surface area (Å²) in [5, 5.41) is 9.03. The highest BCUT2D eigenvalue weighted by atomic mass is 16.2. The van der Waals surface area contributed by atoms with Gasteiger partial charge in [0.2, 0.25) is 5.91 Å². The number of carbonyl (C=O) groups excluding carboxylic acids is 1. The molecule has 0 bridgehead atoms. The van der Waals surface area contributed by atoms with Gasteiger partial charge >= 0.3 is 0 Å². The third kappa shape index (κ3) is 3.63. The van der Waals surface area contributed by atoms with Crippen molar-refractivity contribution in [1.82, 2.24) is 4.90 Å². The number of hydrogen-bond donors (Lipinski definition) is 2. The Bertz CT molecular complexity index is 847. The van der Waals surface area contributed by atoms with Gasteiger partial charge in [0.05, 0.1) is 12.0 Å². The Hall–Kier alpha value is -2.66. The molecule has 0 saturated carbocycles. The minimum Gasteiger partial charge on any atom is -0.396 e. The molecule has 1 amide bonds. The van der Waals surface area contributed by atoms with Crippen molar-refractivity contribution >= 4 is 11.9 Å². The third-order valence-electron chi connectivity index (χ3n) is 4.94. The van der Waals surface area contributed by atoms with Crippen molar-refractivity contribution in [3.63, 3.8) is 0 Å². The van der Waals surface area contributed by atoms with E-state index in [2.05, 4.69) is 35.3 Å². The average molecular weight is 351 g/mol. The SMILES string of the molecule is CN1C(=O)C[C@@](C)(c2cccc(-c3cccc(CCCO)c3)c2)N=C1N. The van der Waals surface area contributed by atoms with Crippen LogP contribution in [-0.4, -0.2) is 35.5 Å². The molecule has 0 fully saturated rings. The number of nitrogens with two attached hydrogens (primary N) is 1. The molecule has 0 radical (unpaired) electrons. The Morgan fingerprint density at radius 3 is 2.58 bits per heavy atom. The molecule has 136 valence electrons. The zero-order valence-corrected chi connectivity index (χ0v) is 15.3. The van der Waals surface area contributed by atoms with Crippen LogP contribution in [0, 0.1) is 0 Å². The van der Waals surface area contributed by atoms with E-state index in [0.717, 1.165) is 29.5 Å². The van der Waals surface area contributed by atoms with Crippen molar-refractivity contribution in [2.75, 3.05) is 13.7 Å². The van der Waals surface area contributed by atoms with Crippen molar-refractivity contribution in [3.05, 3.63) is 59.7 Å². The third-order valence-corrected chi connectivity index (χ3v) is 4.94.